The molecular weight excluding hydrogens is 242 g/mol. The molecule has 1 fully saturated rings. The average molecular weight is 259 g/mol. The van der Waals surface area contributed by atoms with Gasteiger partial charge in [-0.05, 0) is 13.0 Å². The molecule has 0 amide bonds. The molecule has 2 atom stereocenters. The maximum Gasteiger partial charge on any atom is 0.154 e. The summed E-state index contributed by atoms with van der Waals surface area (Å²) in [5.41, 5.74) is 0. The minimum Gasteiger partial charge on any atom is -1.00 e. The SMILES string of the molecule is COCCCNC1CS(=O)(=O)CC1O.[Cl-]. The zero-order valence-electron chi connectivity index (χ0n) is 8.65. The molecule has 0 aliphatic carbocycles. The third-order valence-corrected chi connectivity index (χ3v) is 3.97. The Balaban J connectivity index is 0.00000196. The molecule has 0 spiro atoms. The summed E-state index contributed by atoms with van der Waals surface area (Å²) >= 11 is 0. The van der Waals surface area contributed by atoms with Crippen molar-refractivity contribution >= 4 is 9.84 Å². The van der Waals surface area contributed by atoms with Crippen LogP contribution in [0.25, 0.3) is 0 Å². The number of sulfone groups is 1. The second kappa shape index (κ2) is 6.65. The first-order valence-corrected chi connectivity index (χ1v) is 6.48. The smallest absolute Gasteiger partial charge is 0.154 e. The Morgan fingerprint density at radius 3 is 2.60 bits per heavy atom. The van der Waals surface area contributed by atoms with Crippen LogP contribution in [-0.2, 0) is 14.6 Å². The van der Waals surface area contributed by atoms with Crippen LogP contribution < -0.4 is 17.7 Å². The van der Waals surface area contributed by atoms with Gasteiger partial charge in [-0.1, -0.05) is 0 Å². The van der Waals surface area contributed by atoms with E-state index in [1.54, 1.807) is 7.11 Å². The summed E-state index contributed by atoms with van der Waals surface area (Å²) in [7, 11) is -1.41. The van der Waals surface area contributed by atoms with E-state index < -0.39 is 15.9 Å². The van der Waals surface area contributed by atoms with E-state index in [1.165, 1.54) is 0 Å². The summed E-state index contributed by atoms with van der Waals surface area (Å²) in [4.78, 5) is 0. The Hall–Kier alpha value is 0.120. The minimum atomic E-state index is -3.03. The minimum absolute atomic E-state index is 0. The van der Waals surface area contributed by atoms with Crippen molar-refractivity contribution in [2.45, 2.75) is 18.6 Å². The van der Waals surface area contributed by atoms with Gasteiger partial charge in [-0.2, -0.15) is 0 Å². The zero-order chi connectivity index (χ0) is 10.6. The predicted octanol–water partition coefficient (Wildman–Crippen LogP) is -4.23. The molecule has 0 aromatic rings. The van der Waals surface area contributed by atoms with Gasteiger partial charge in [0.25, 0.3) is 0 Å². The van der Waals surface area contributed by atoms with Gasteiger partial charge in [0.05, 0.1) is 17.6 Å². The predicted molar refractivity (Wildman–Crippen MR) is 52.9 cm³/mol. The lowest BCUT2D eigenvalue weighted by Gasteiger charge is -2.14. The molecule has 0 radical (unpaired) electrons. The summed E-state index contributed by atoms with van der Waals surface area (Å²) in [6.07, 6.45) is 0.0577. The molecule has 0 aromatic heterocycles. The summed E-state index contributed by atoms with van der Waals surface area (Å²) in [5, 5.41) is 12.4. The average Bonchev–Trinajstić information content (AvgIpc) is 2.34. The molecule has 0 saturated carbocycles. The normalized spacial score (nSPS) is 28.7. The first-order valence-electron chi connectivity index (χ1n) is 4.66. The van der Waals surface area contributed by atoms with Crippen LogP contribution in [0, 0.1) is 0 Å². The topological polar surface area (TPSA) is 75.6 Å². The van der Waals surface area contributed by atoms with Gasteiger partial charge in [-0.3, -0.25) is 0 Å². The van der Waals surface area contributed by atoms with Crippen molar-refractivity contribution < 1.29 is 30.7 Å². The summed E-state index contributed by atoms with van der Waals surface area (Å²) in [6.45, 7) is 1.31. The maximum atomic E-state index is 11.1. The first kappa shape index (κ1) is 15.1. The Kier molecular flexibility index (Phi) is 6.70. The largest absolute Gasteiger partial charge is 1.00 e. The molecule has 1 aliphatic rings. The lowest BCUT2D eigenvalue weighted by Crippen LogP contribution is -3.00. The molecule has 1 rings (SSSR count). The fourth-order valence-electron chi connectivity index (χ4n) is 1.53. The van der Waals surface area contributed by atoms with Crippen molar-refractivity contribution in [3.8, 4) is 0 Å². The Morgan fingerprint density at radius 1 is 1.47 bits per heavy atom. The van der Waals surface area contributed by atoms with Crippen molar-refractivity contribution in [3.63, 3.8) is 0 Å². The van der Waals surface area contributed by atoms with Gasteiger partial charge in [-0.15, -0.1) is 0 Å². The number of halogens is 1. The van der Waals surface area contributed by atoms with Crippen molar-refractivity contribution in [2.75, 3.05) is 31.8 Å². The van der Waals surface area contributed by atoms with Crippen LogP contribution in [0.3, 0.4) is 0 Å². The highest BCUT2D eigenvalue weighted by molar-refractivity contribution is 7.91. The van der Waals surface area contributed by atoms with Crippen LogP contribution in [0.1, 0.15) is 6.42 Å². The molecular formula is C8H17ClNO4S-. The van der Waals surface area contributed by atoms with E-state index in [9.17, 15) is 13.5 Å². The molecule has 0 bridgehead atoms. The molecule has 1 heterocycles. The third kappa shape index (κ3) is 5.12. The quantitative estimate of drug-likeness (QED) is 0.489. The Labute approximate surface area is 96.5 Å². The lowest BCUT2D eigenvalue weighted by molar-refractivity contribution is -0.00000767. The molecule has 2 unspecified atom stereocenters. The van der Waals surface area contributed by atoms with E-state index in [4.69, 9.17) is 4.74 Å². The maximum absolute atomic E-state index is 11.1. The van der Waals surface area contributed by atoms with Crippen LogP contribution in [0.4, 0.5) is 0 Å². The molecule has 5 nitrogen and oxygen atoms in total. The molecule has 0 aromatic carbocycles. The number of hydrogen-bond acceptors (Lipinski definition) is 5. The third-order valence-electron chi connectivity index (χ3n) is 2.25. The van der Waals surface area contributed by atoms with E-state index >= 15 is 0 Å². The summed E-state index contributed by atoms with van der Waals surface area (Å²) in [6, 6.07) is -0.308. The van der Waals surface area contributed by atoms with Crippen molar-refractivity contribution in [1.82, 2.24) is 5.32 Å². The summed E-state index contributed by atoms with van der Waals surface area (Å²) < 4.78 is 27.1. The highest BCUT2D eigenvalue weighted by Gasteiger charge is 2.35. The number of hydrogen-bond donors (Lipinski definition) is 2. The van der Waals surface area contributed by atoms with Crippen LogP contribution >= 0.6 is 0 Å². The lowest BCUT2D eigenvalue weighted by atomic mass is 10.2. The van der Waals surface area contributed by atoms with Crippen LogP contribution in [0.15, 0.2) is 0 Å². The number of ether oxygens (including phenoxy) is 1. The van der Waals surface area contributed by atoms with Gasteiger partial charge in [0.15, 0.2) is 9.84 Å². The Bertz CT molecular complexity index is 270. The van der Waals surface area contributed by atoms with Gasteiger partial charge < -0.3 is 27.6 Å². The van der Waals surface area contributed by atoms with Gasteiger partial charge in [-0.25, -0.2) is 8.42 Å². The molecule has 15 heavy (non-hydrogen) atoms. The summed E-state index contributed by atoms with van der Waals surface area (Å²) in [5.74, 6) is -0.0733. The highest BCUT2D eigenvalue weighted by atomic mass is 35.5. The van der Waals surface area contributed by atoms with Crippen molar-refractivity contribution in [3.05, 3.63) is 0 Å². The highest BCUT2D eigenvalue weighted by Crippen LogP contribution is 2.12. The van der Waals surface area contributed by atoms with E-state index in [0.717, 1.165) is 6.42 Å². The standard InChI is InChI=1S/C8H17NO4S.ClH/c1-13-4-2-3-9-7-5-14(11,12)6-8(7)10;/h7-10H,2-6H2,1H3;1H/p-1. The van der Waals surface area contributed by atoms with E-state index in [1.807, 2.05) is 0 Å². The fourth-order valence-corrected chi connectivity index (χ4v) is 3.30. The van der Waals surface area contributed by atoms with E-state index in [2.05, 4.69) is 5.32 Å². The molecule has 1 saturated heterocycles. The van der Waals surface area contributed by atoms with E-state index in [0.29, 0.717) is 13.2 Å². The zero-order valence-corrected chi connectivity index (χ0v) is 10.2. The van der Waals surface area contributed by atoms with Crippen LogP contribution in [-0.4, -0.2) is 57.4 Å². The fraction of sp³-hybridized carbons (Fsp3) is 1.00. The number of nitrogens with one attached hydrogen (secondary N) is 1. The van der Waals surface area contributed by atoms with Gasteiger partial charge in [0.2, 0.25) is 0 Å². The van der Waals surface area contributed by atoms with Crippen LogP contribution in [0.5, 0.6) is 0 Å². The van der Waals surface area contributed by atoms with Crippen molar-refractivity contribution in [2.24, 2.45) is 0 Å². The number of aliphatic hydroxyl groups is 1. The molecule has 92 valence electrons. The van der Waals surface area contributed by atoms with E-state index in [-0.39, 0.29) is 30.0 Å². The number of rotatable bonds is 5. The monoisotopic (exact) mass is 258 g/mol. The second-order valence-electron chi connectivity index (χ2n) is 3.55. The Morgan fingerprint density at radius 2 is 2.13 bits per heavy atom. The molecule has 1 aliphatic heterocycles. The number of methoxy groups -OCH3 is 1. The second-order valence-corrected chi connectivity index (χ2v) is 5.71. The number of aliphatic hydroxyl groups excluding tert-OH is 1. The van der Waals surface area contributed by atoms with Gasteiger partial charge >= 0.3 is 0 Å². The van der Waals surface area contributed by atoms with Gasteiger partial charge in [0.1, 0.15) is 0 Å². The van der Waals surface area contributed by atoms with Crippen molar-refractivity contribution in [1.29, 1.82) is 0 Å². The molecule has 2 N–H and O–H groups in total. The van der Waals surface area contributed by atoms with Gasteiger partial charge in [0, 0.05) is 19.8 Å². The molecule has 7 heteroatoms. The first-order chi connectivity index (χ1) is 6.55. The van der Waals surface area contributed by atoms with Crippen LogP contribution in [0.2, 0.25) is 0 Å².